The summed E-state index contributed by atoms with van der Waals surface area (Å²) in [6.45, 7) is 5.76. The number of amides is 1. The van der Waals surface area contributed by atoms with E-state index in [0.29, 0.717) is 18.8 Å². The zero-order valence-electron chi connectivity index (χ0n) is 15.0. The topological polar surface area (TPSA) is 67.2 Å². The van der Waals surface area contributed by atoms with Crippen molar-refractivity contribution in [2.24, 2.45) is 0 Å². The number of para-hydroxylation sites is 1. The highest BCUT2D eigenvalue weighted by molar-refractivity contribution is 5.92. The fourth-order valence-electron chi connectivity index (χ4n) is 3.30. The maximum absolute atomic E-state index is 14.2. The second-order valence-electron chi connectivity index (χ2n) is 6.51. The molecule has 2 heterocycles. The van der Waals surface area contributed by atoms with Crippen LogP contribution in [0.15, 0.2) is 35.1 Å². The standard InChI is InChI=1S/C19H23FN4O2/c1-3-10-23(14-8-9-21-12-14)19(26)18-17(25)11-13(2)24(22-18)16-7-5-4-6-15(16)20/h4-7,11,14,21H,3,8-10,12H2,1-2H3. The Kier molecular flexibility index (Phi) is 5.46. The van der Waals surface area contributed by atoms with Crippen LogP contribution < -0.4 is 10.7 Å². The maximum Gasteiger partial charge on any atom is 0.278 e. The first-order valence-corrected chi connectivity index (χ1v) is 8.90. The summed E-state index contributed by atoms with van der Waals surface area (Å²) in [6, 6.07) is 7.55. The molecule has 1 aromatic heterocycles. The van der Waals surface area contributed by atoms with Gasteiger partial charge in [-0.25, -0.2) is 9.07 Å². The molecule has 6 nitrogen and oxygen atoms in total. The molecule has 26 heavy (non-hydrogen) atoms. The summed E-state index contributed by atoms with van der Waals surface area (Å²) in [4.78, 5) is 27.2. The first-order valence-electron chi connectivity index (χ1n) is 8.90. The van der Waals surface area contributed by atoms with Crippen LogP contribution in [0.3, 0.4) is 0 Å². The molecule has 1 aliphatic heterocycles. The number of aromatic nitrogens is 2. The fraction of sp³-hybridized carbons (Fsp3) is 0.421. The van der Waals surface area contributed by atoms with Gasteiger partial charge < -0.3 is 10.2 Å². The van der Waals surface area contributed by atoms with Gasteiger partial charge in [0.15, 0.2) is 5.69 Å². The third kappa shape index (κ3) is 3.53. The molecule has 3 rings (SSSR count). The summed E-state index contributed by atoms with van der Waals surface area (Å²) < 4.78 is 15.5. The fourth-order valence-corrected chi connectivity index (χ4v) is 3.30. The van der Waals surface area contributed by atoms with Crippen molar-refractivity contribution in [2.75, 3.05) is 19.6 Å². The Labute approximate surface area is 151 Å². The molecule has 1 saturated heterocycles. The van der Waals surface area contributed by atoms with Crippen molar-refractivity contribution in [3.05, 3.63) is 57.8 Å². The molecule has 1 aromatic carbocycles. The van der Waals surface area contributed by atoms with Crippen LogP contribution in [0.1, 0.15) is 35.9 Å². The number of hydrogen-bond donors (Lipinski definition) is 1. The monoisotopic (exact) mass is 358 g/mol. The molecule has 0 spiro atoms. The highest BCUT2D eigenvalue weighted by Gasteiger charge is 2.29. The molecule has 1 unspecified atom stereocenters. The predicted molar refractivity (Wildman–Crippen MR) is 97.1 cm³/mol. The van der Waals surface area contributed by atoms with Gasteiger partial charge in [0.1, 0.15) is 11.5 Å². The molecule has 7 heteroatoms. The van der Waals surface area contributed by atoms with Gasteiger partial charge in [0.25, 0.3) is 5.91 Å². The minimum atomic E-state index is -0.462. The minimum Gasteiger partial charge on any atom is -0.333 e. The molecule has 0 radical (unpaired) electrons. The predicted octanol–water partition coefficient (Wildman–Crippen LogP) is 1.89. The maximum atomic E-state index is 14.2. The lowest BCUT2D eigenvalue weighted by molar-refractivity contribution is 0.0682. The zero-order chi connectivity index (χ0) is 18.7. The van der Waals surface area contributed by atoms with E-state index in [0.717, 1.165) is 19.4 Å². The molecule has 1 aliphatic rings. The molecule has 1 amide bonds. The highest BCUT2D eigenvalue weighted by atomic mass is 19.1. The van der Waals surface area contributed by atoms with Gasteiger partial charge in [-0.1, -0.05) is 19.1 Å². The van der Waals surface area contributed by atoms with Gasteiger partial charge >= 0.3 is 0 Å². The number of aryl methyl sites for hydroxylation is 1. The quantitative estimate of drug-likeness (QED) is 0.886. The molecule has 1 N–H and O–H groups in total. The molecular formula is C19H23FN4O2. The van der Waals surface area contributed by atoms with Crippen LogP contribution in [0.2, 0.25) is 0 Å². The Morgan fingerprint density at radius 3 is 2.85 bits per heavy atom. The van der Waals surface area contributed by atoms with Crippen molar-refractivity contribution in [3.63, 3.8) is 0 Å². The van der Waals surface area contributed by atoms with Gasteiger partial charge in [-0.2, -0.15) is 5.10 Å². The summed E-state index contributed by atoms with van der Waals surface area (Å²) in [6.07, 6.45) is 1.63. The highest BCUT2D eigenvalue weighted by Crippen LogP contribution is 2.15. The summed E-state index contributed by atoms with van der Waals surface area (Å²) in [5.41, 5.74) is 0.0798. The van der Waals surface area contributed by atoms with Crippen molar-refractivity contribution in [1.82, 2.24) is 20.0 Å². The summed E-state index contributed by atoms with van der Waals surface area (Å²) >= 11 is 0. The number of benzene rings is 1. The largest absolute Gasteiger partial charge is 0.333 e. The summed E-state index contributed by atoms with van der Waals surface area (Å²) in [5, 5.41) is 7.47. The van der Waals surface area contributed by atoms with E-state index in [4.69, 9.17) is 0 Å². The van der Waals surface area contributed by atoms with Crippen LogP contribution in [0.5, 0.6) is 0 Å². The van der Waals surface area contributed by atoms with Gasteiger partial charge in [0, 0.05) is 30.9 Å². The van der Waals surface area contributed by atoms with Crippen molar-refractivity contribution in [1.29, 1.82) is 0 Å². The van der Waals surface area contributed by atoms with E-state index in [1.165, 1.54) is 16.8 Å². The van der Waals surface area contributed by atoms with Crippen molar-refractivity contribution >= 4 is 5.91 Å². The number of carbonyl (C=O) groups is 1. The molecule has 2 aromatic rings. The Hall–Kier alpha value is -2.54. The summed E-state index contributed by atoms with van der Waals surface area (Å²) in [7, 11) is 0. The van der Waals surface area contributed by atoms with Crippen LogP contribution in [-0.4, -0.2) is 46.3 Å². The van der Waals surface area contributed by atoms with Gasteiger partial charge in [0.2, 0.25) is 5.43 Å². The Bertz CT molecular complexity index is 859. The SMILES string of the molecule is CCCN(C(=O)c1nn(-c2ccccc2F)c(C)cc1=O)C1CCNC1. The minimum absolute atomic E-state index is 0.0480. The van der Waals surface area contributed by atoms with Gasteiger partial charge in [-0.3, -0.25) is 9.59 Å². The lowest BCUT2D eigenvalue weighted by Crippen LogP contribution is -2.44. The van der Waals surface area contributed by atoms with Crippen molar-refractivity contribution < 1.29 is 9.18 Å². The van der Waals surface area contributed by atoms with Gasteiger partial charge in [-0.15, -0.1) is 0 Å². The van der Waals surface area contributed by atoms with Crippen molar-refractivity contribution in [3.8, 4) is 5.69 Å². The lowest BCUT2D eigenvalue weighted by atomic mass is 10.2. The third-order valence-electron chi connectivity index (χ3n) is 4.59. The van der Waals surface area contributed by atoms with E-state index in [-0.39, 0.29) is 17.4 Å². The number of nitrogens with zero attached hydrogens (tertiary/aromatic N) is 3. The van der Waals surface area contributed by atoms with Crippen molar-refractivity contribution in [2.45, 2.75) is 32.7 Å². The van der Waals surface area contributed by atoms with E-state index in [1.54, 1.807) is 30.0 Å². The van der Waals surface area contributed by atoms with Gasteiger partial charge in [-0.05, 0) is 38.4 Å². The Morgan fingerprint density at radius 2 is 2.19 bits per heavy atom. The first-order chi connectivity index (χ1) is 12.5. The lowest BCUT2D eigenvalue weighted by Gasteiger charge is -2.27. The molecule has 0 saturated carbocycles. The van der Waals surface area contributed by atoms with Crippen LogP contribution in [-0.2, 0) is 0 Å². The average Bonchev–Trinajstić information content (AvgIpc) is 3.14. The number of rotatable bonds is 5. The van der Waals surface area contributed by atoms with Crippen LogP contribution >= 0.6 is 0 Å². The van der Waals surface area contributed by atoms with E-state index in [2.05, 4.69) is 10.4 Å². The molecule has 0 aliphatic carbocycles. The van der Waals surface area contributed by atoms with Crippen LogP contribution in [0.4, 0.5) is 4.39 Å². The molecule has 138 valence electrons. The third-order valence-corrected chi connectivity index (χ3v) is 4.59. The number of halogens is 1. The smallest absolute Gasteiger partial charge is 0.278 e. The summed E-state index contributed by atoms with van der Waals surface area (Å²) in [5.74, 6) is -0.855. The molecule has 1 fully saturated rings. The molecular weight excluding hydrogens is 335 g/mol. The van der Waals surface area contributed by atoms with E-state index >= 15 is 0 Å². The van der Waals surface area contributed by atoms with Crippen LogP contribution in [0.25, 0.3) is 5.69 Å². The van der Waals surface area contributed by atoms with Crippen LogP contribution in [0, 0.1) is 12.7 Å². The van der Waals surface area contributed by atoms with E-state index in [1.807, 2.05) is 6.92 Å². The first kappa shape index (κ1) is 18.3. The van der Waals surface area contributed by atoms with E-state index in [9.17, 15) is 14.0 Å². The second kappa shape index (κ2) is 7.78. The van der Waals surface area contributed by atoms with Gasteiger partial charge in [0.05, 0.1) is 0 Å². The molecule has 1 atom stereocenters. The normalized spacial score (nSPS) is 16.7. The van der Waals surface area contributed by atoms with E-state index < -0.39 is 17.2 Å². The number of nitrogens with one attached hydrogen (secondary N) is 1. The number of carbonyl (C=O) groups excluding carboxylic acids is 1. The average molecular weight is 358 g/mol. The number of hydrogen-bond acceptors (Lipinski definition) is 4. The molecule has 0 bridgehead atoms. The zero-order valence-corrected chi connectivity index (χ0v) is 15.0. The Morgan fingerprint density at radius 1 is 1.42 bits per heavy atom. The second-order valence-corrected chi connectivity index (χ2v) is 6.51. The Balaban J connectivity index is 2.04.